The van der Waals surface area contributed by atoms with E-state index in [1.54, 1.807) is 0 Å². The van der Waals surface area contributed by atoms with Crippen molar-refractivity contribution in [3.05, 3.63) is 47.0 Å². The summed E-state index contributed by atoms with van der Waals surface area (Å²) in [6.45, 7) is -0.896. The zero-order valence-corrected chi connectivity index (χ0v) is 15.0. The normalized spacial score (nSPS) is 10.1. The fourth-order valence-electron chi connectivity index (χ4n) is 2.01. The van der Waals surface area contributed by atoms with E-state index in [1.165, 1.54) is 5.38 Å². The summed E-state index contributed by atoms with van der Waals surface area (Å²) >= 11 is 1.09. The molecule has 142 valence electrons. The predicted octanol–water partition coefficient (Wildman–Crippen LogP) is 0.645. The van der Waals surface area contributed by atoms with E-state index < -0.39 is 24.3 Å². The average molecular weight is 390 g/mol. The van der Waals surface area contributed by atoms with Crippen LogP contribution in [0.3, 0.4) is 0 Å². The minimum atomic E-state index is -1.18. The number of anilines is 1. The number of carboxylic acids is 1. The number of amides is 3. The molecule has 27 heavy (non-hydrogen) atoms. The first-order valence-corrected chi connectivity index (χ1v) is 8.88. The number of benzene rings is 1. The second-order valence-electron chi connectivity index (χ2n) is 5.42. The van der Waals surface area contributed by atoms with E-state index in [-0.39, 0.29) is 29.7 Å². The van der Waals surface area contributed by atoms with Crippen LogP contribution in [0.1, 0.15) is 22.5 Å². The highest BCUT2D eigenvalue weighted by Crippen LogP contribution is 2.16. The summed E-state index contributed by atoms with van der Waals surface area (Å²) in [5.41, 5.74) is 1.11. The molecule has 10 heteroatoms. The Hall–Kier alpha value is -3.27. The summed E-state index contributed by atoms with van der Waals surface area (Å²) < 4.78 is 0. The van der Waals surface area contributed by atoms with Crippen LogP contribution in [0.4, 0.5) is 5.13 Å². The summed E-state index contributed by atoms with van der Waals surface area (Å²) in [6, 6.07) is 9.58. The van der Waals surface area contributed by atoms with Gasteiger partial charge >= 0.3 is 5.97 Å². The molecule has 0 saturated carbocycles. The molecule has 0 aliphatic carbocycles. The van der Waals surface area contributed by atoms with Crippen molar-refractivity contribution in [2.24, 2.45) is 0 Å². The molecule has 2 aromatic rings. The van der Waals surface area contributed by atoms with Crippen LogP contribution in [0.2, 0.25) is 0 Å². The molecule has 0 unspecified atom stereocenters. The lowest BCUT2D eigenvalue weighted by Crippen LogP contribution is -2.39. The SMILES string of the molecule is O=C(O)CNC(=O)CNC(=O)c1csc(NC(=O)CCc2ccccc2)n1. The van der Waals surface area contributed by atoms with Gasteiger partial charge in [-0.25, -0.2) is 4.98 Å². The predicted molar refractivity (Wildman–Crippen MR) is 98.5 cm³/mol. The monoisotopic (exact) mass is 390 g/mol. The molecule has 4 N–H and O–H groups in total. The summed E-state index contributed by atoms with van der Waals surface area (Å²) in [6.07, 6.45) is 0.881. The number of carbonyl (C=O) groups excluding carboxylic acids is 3. The van der Waals surface area contributed by atoms with Gasteiger partial charge in [0.25, 0.3) is 5.91 Å². The fourth-order valence-corrected chi connectivity index (χ4v) is 2.71. The van der Waals surface area contributed by atoms with Crippen molar-refractivity contribution in [2.75, 3.05) is 18.4 Å². The van der Waals surface area contributed by atoms with Gasteiger partial charge in [-0.3, -0.25) is 19.2 Å². The third-order valence-electron chi connectivity index (χ3n) is 3.31. The average Bonchev–Trinajstić information content (AvgIpc) is 3.12. The number of hydrogen-bond acceptors (Lipinski definition) is 6. The number of aromatic nitrogens is 1. The van der Waals surface area contributed by atoms with Crippen LogP contribution in [-0.4, -0.2) is 46.9 Å². The topological polar surface area (TPSA) is 137 Å². The maximum atomic E-state index is 12.0. The highest BCUT2D eigenvalue weighted by Gasteiger charge is 2.14. The molecule has 0 fully saturated rings. The number of nitrogens with zero attached hydrogens (tertiary/aromatic N) is 1. The second kappa shape index (κ2) is 10.0. The molecule has 0 radical (unpaired) electrons. The zero-order chi connectivity index (χ0) is 19.6. The smallest absolute Gasteiger partial charge is 0.322 e. The molecule has 1 aromatic carbocycles. The number of carbonyl (C=O) groups is 4. The van der Waals surface area contributed by atoms with Gasteiger partial charge in [0.05, 0.1) is 6.54 Å². The third kappa shape index (κ3) is 7.24. The van der Waals surface area contributed by atoms with E-state index in [9.17, 15) is 19.2 Å². The lowest BCUT2D eigenvalue weighted by atomic mass is 10.1. The third-order valence-corrected chi connectivity index (χ3v) is 4.07. The Balaban J connectivity index is 1.76. The van der Waals surface area contributed by atoms with Gasteiger partial charge in [0, 0.05) is 11.8 Å². The second-order valence-corrected chi connectivity index (χ2v) is 6.28. The minimum Gasteiger partial charge on any atom is -0.480 e. The summed E-state index contributed by atoms with van der Waals surface area (Å²) in [4.78, 5) is 49.6. The number of nitrogens with one attached hydrogen (secondary N) is 3. The summed E-state index contributed by atoms with van der Waals surface area (Å²) in [7, 11) is 0. The molecular weight excluding hydrogens is 372 g/mol. The quantitative estimate of drug-likeness (QED) is 0.496. The van der Waals surface area contributed by atoms with Gasteiger partial charge < -0.3 is 21.1 Å². The van der Waals surface area contributed by atoms with Crippen LogP contribution in [0.15, 0.2) is 35.7 Å². The van der Waals surface area contributed by atoms with Gasteiger partial charge in [0.2, 0.25) is 11.8 Å². The molecule has 0 saturated heterocycles. The van der Waals surface area contributed by atoms with E-state index in [0.29, 0.717) is 6.42 Å². The zero-order valence-electron chi connectivity index (χ0n) is 14.2. The van der Waals surface area contributed by atoms with Crippen molar-refractivity contribution < 1.29 is 24.3 Å². The van der Waals surface area contributed by atoms with Crippen molar-refractivity contribution >= 4 is 40.2 Å². The minimum absolute atomic E-state index is 0.0596. The lowest BCUT2D eigenvalue weighted by Gasteiger charge is -2.04. The Morgan fingerprint density at radius 2 is 1.74 bits per heavy atom. The van der Waals surface area contributed by atoms with Crippen molar-refractivity contribution in [2.45, 2.75) is 12.8 Å². The Morgan fingerprint density at radius 1 is 1.00 bits per heavy atom. The molecule has 0 atom stereocenters. The molecule has 9 nitrogen and oxygen atoms in total. The van der Waals surface area contributed by atoms with Gasteiger partial charge in [-0.2, -0.15) is 0 Å². The Morgan fingerprint density at radius 3 is 2.44 bits per heavy atom. The van der Waals surface area contributed by atoms with Crippen LogP contribution in [0.25, 0.3) is 0 Å². The number of aliphatic carboxylic acids is 1. The van der Waals surface area contributed by atoms with Crippen LogP contribution in [0.5, 0.6) is 0 Å². The first-order valence-electron chi connectivity index (χ1n) is 8.00. The summed E-state index contributed by atoms with van der Waals surface area (Å²) in [5.74, 6) is -2.62. The van der Waals surface area contributed by atoms with E-state index >= 15 is 0 Å². The standard InChI is InChI=1S/C17H18N4O5S/c22-13(7-6-11-4-2-1-3-5-11)21-17-20-12(10-27-17)16(26)19-8-14(23)18-9-15(24)25/h1-5,10H,6-9H2,(H,18,23)(H,19,26)(H,24,25)(H,20,21,22). The van der Waals surface area contributed by atoms with Crippen molar-refractivity contribution in [1.29, 1.82) is 0 Å². The first-order chi connectivity index (χ1) is 12.9. The van der Waals surface area contributed by atoms with E-state index in [4.69, 9.17) is 5.11 Å². The maximum Gasteiger partial charge on any atom is 0.322 e. The Bertz CT molecular complexity index is 822. The molecule has 1 heterocycles. The molecule has 3 amide bonds. The highest BCUT2D eigenvalue weighted by atomic mass is 32.1. The molecule has 0 spiro atoms. The number of carboxylic acid groups (broad SMARTS) is 1. The molecule has 2 rings (SSSR count). The van der Waals surface area contributed by atoms with Gasteiger partial charge in [0.1, 0.15) is 12.2 Å². The number of hydrogen-bond donors (Lipinski definition) is 4. The Labute approximate surface area is 158 Å². The van der Waals surface area contributed by atoms with Crippen molar-refractivity contribution in [3.8, 4) is 0 Å². The van der Waals surface area contributed by atoms with E-state index in [1.807, 2.05) is 30.3 Å². The van der Waals surface area contributed by atoms with Crippen LogP contribution in [0, 0.1) is 0 Å². The fraction of sp³-hybridized carbons (Fsp3) is 0.235. The first kappa shape index (κ1) is 20.0. The maximum absolute atomic E-state index is 12.0. The van der Waals surface area contributed by atoms with Gasteiger partial charge in [-0.05, 0) is 12.0 Å². The number of aryl methyl sites for hydroxylation is 1. The Kier molecular flexibility index (Phi) is 7.44. The highest BCUT2D eigenvalue weighted by molar-refractivity contribution is 7.14. The summed E-state index contributed by atoms with van der Waals surface area (Å²) in [5, 5.41) is 17.3. The van der Waals surface area contributed by atoms with Crippen LogP contribution >= 0.6 is 11.3 Å². The van der Waals surface area contributed by atoms with Crippen molar-refractivity contribution in [1.82, 2.24) is 15.6 Å². The largest absolute Gasteiger partial charge is 0.480 e. The molecule has 0 aliphatic heterocycles. The van der Waals surface area contributed by atoms with E-state index in [0.717, 1.165) is 16.9 Å². The lowest BCUT2D eigenvalue weighted by molar-refractivity contribution is -0.137. The molecular formula is C17H18N4O5S. The van der Waals surface area contributed by atoms with Gasteiger partial charge in [0.15, 0.2) is 5.13 Å². The van der Waals surface area contributed by atoms with Crippen molar-refractivity contribution in [3.63, 3.8) is 0 Å². The van der Waals surface area contributed by atoms with Crippen LogP contribution < -0.4 is 16.0 Å². The van der Waals surface area contributed by atoms with Crippen LogP contribution in [-0.2, 0) is 20.8 Å². The van der Waals surface area contributed by atoms with Gasteiger partial charge in [-0.15, -0.1) is 11.3 Å². The molecule has 0 bridgehead atoms. The molecule has 1 aromatic heterocycles. The number of thiazole rings is 1. The molecule has 0 aliphatic rings. The van der Waals surface area contributed by atoms with Gasteiger partial charge in [-0.1, -0.05) is 30.3 Å². The number of rotatable bonds is 9. The van der Waals surface area contributed by atoms with E-state index in [2.05, 4.69) is 20.9 Å².